The molecule has 0 unspecified atom stereocenters. The lowest BCUT2D eigenvalue weighted by molar-refractivity contribution is -0.138. The summed E-state index contributed by atoms with van der Waals surface area (Å²) in [7, 11) is 3.53. The third-order valence-electron chi connectivity index (χ3n) is 9.36. The number of fused-ring (bicyclic) bond motifs is 1. The smallest absolute Gasteiger partial charge is 0.382 e. The number of hydrogen-bond acceptors (Lipinski definition) is 6. The topological polar surface area (TPSA) is 84.3 Å². The van der Waals surface area contributed by atoms with Crippen LogP contribution in [0, 0.1) is 0 Å². The predicted molar refractivity (Wildman–Crippen MR) is 158 cm³/mol. The quantitative estimate of drug-likeness (QED) is 0.292. The lowest BCUT2D eigenvalue weighted by atomic mass is 9.78. The zero-order valence-electron chi connectivity index (χ0n) is 24.9. The van der Waals surface area contributed by atoms with Gasteiger partial charge in [-0.3, -0.25) is 4.79 Å². The molecule has 43 heavy (non-hydrogen) atoms. The Balaban J connectivity index is 1.30. The monoisotopic (exact) mass is 596 g/mol. The SMILES string of the molecule is CO[C@@H](Cc1cc(NC2CCC2)cc(N2Cc3c(cc(CNC4(C)CCC4)cc3C(F)(F)F)C2=O)c1)Cc1nncn1C. The van der Waals surface area contributed by atoms with Gasteiger partial charge in [-0.05, 0) is 98.9 Å². The molecule has 2 heterocycles. The highest BCUT2D eigenvalue weighted by Gasteiger charge is 2.41. The summed E-state index contributed by atoms with van der Waals surface area (Å²) in [6, 6.07) is 9.01. The largest absolute Gasteiger partial charge is 0.416 e. The molecule has 1 aliphatic heterocycles. The summed E-state index contributed by atoms with van der Waals surface area (Å²) in [6.07, 6.45) is 4.32. The molecule has 1 amide bonds. The number of halogens is 3. The fourth-order valence-electron chi connectivity index (χ4n) is 6.25. The maximum absolute atomic E-state index is 14.3. The number of carbonyl (C=O) groups excluding carboxylic acids is 1. The molecule has 230 valence electrons. The molecule has 6 rings (SSSR count). The maximum atomic E-state index is 14.3. The van der Waals surface area contributed by atoms with Crippen molar-refractivity contribution in [2.75, 3.05) is 17.3 Å². The minimum Gasteiger partial charge on any atom is -0.382 e. The first-order valence-corrected chi connectivity index (χ1v) is 15.1. The molecule has 1 atom stereocenters. The number of rotatable bonds is 11. The van der Waals surface area contributed by atoms with Gasteiger partial charge in [-0.2, -0.15) is 13.2 Å². The summed E-state index contributed by atoms with van der Waals surface area (Å²) in [5.41, 5.74) is 2.18. The van der Waals surface area contributed by atoms with Crippen molar-refractivity contribution in [1.82, 2.24) is 20.1 Å². The van der Waals surface area contributed by atoms with Crippen LogP contribution in [0.5, 0.6) is 0 Å². The number of aryl methyl sites for hydroxylation is 1. The Hall–Kier alpha value is -3.44. The van der Waals surface area contributed by atoms with E-state index in [-0.39, 0.29) is 35.9 Å². The van der Waals surface area contributed by atoms with Gasteiger partial charge in [0.05, 0.1) is 18.2 Å². The van der Waals surface area contributed by atoms with Crippen molar-refractivity contribution in [3.8, 4) is 0 Å². The number of anilines is 2. The first kappa shape index (κ1) is 29.6. The van der Waals surface area contributed by atoms with Crippen LogP contribution < -0.4 is 15.5 Å². The maximum Gasteiger partial charge on any atom is 0.416 e. The lowest BCUT2D eigenvalue weighted by Crippen LogP contribution is -2.47. The van der Waals surface area contributed by atoms with Crippen LogP contribution in [-0.4, -0.2) is 45.5 Å². The van der Waals surface area contributed by atoms with E-state index in [2.05, 4.69) is 27.8 Å². The minimum absolute atomic E-state index is 0.0343. The molecule has 11 heteroatoms. The molecule has 2 N–H and O–H groups in total. The van der Waals surface area contributed by atoms with E-state index in [1.54, 1.807) is 19.5 Å². The van der Waals surface area contributed by atoms with E-state index in [0.717, 1.165) is 55.6 Å². The average molecular weight is 597 g/mol. The highest BCUT2D eigenvalue weighted by molar-refractivity contribution is 6.10. The Morgan fingerprint density at radius 3 is 2.49 bits per heavy atom. The Labute approximate surface area is 250 Å². The highest BCUT2D eigenvalue weighted by Crippen LogP contribution is 2.41. The van der Waals surface area contributed by atoms with Gasteiger partial charge in [-0.1, -0.05) is 0 Å². The van der Waals surface area contributed by atoms with Crippen LogP contribution in [-0.2, 0) is 43.9 Å². The van der Waals surface area contributed by atoms with Gasteiger partial charge in [0.15, 0.2) is 0 Å². The van der Waals surface area contributed by atoms with Gasteiger partial charge in [0.1, 0.15) is 12.2 Å². The van der Waals surface area contributed by atoms with Crippen molar-refractivity contribution >= 4 is 17.3 Å². The number of ether oxygens (including phenoxy) is 1. The molecular weight excluding hydrogens is 557 g/mol. The molecule has 0 radical (unpaired) electrons. The summed E-state index contributed by atoms with van der Waals surface area (Å²) in [6.45, 7) is 2.24. The molecule has 2 aliphatic carbocycles. The number of hydrogen-bond donors (Lipinski definition) is 2. The minimum atomic E-state index is -4.57. The third kappa shape index (κ3) is 6.28. The number of nitrogens with zero attached hydrogens (tertiary/aromatic N) is 4. The van der Waals surface area contributed by atoms with Gasteiger partial charge < -0.3 is 24.8 Å². The molecule has 0 spiro atoms. The molecule has 1 aromatic heterocycles. The zero-order chi connectivity index (χ0) is 30.4. The van der Waals surface area contributed by atoms with Gasteiger partial charge in [-0.15, -0.1) is 10.2 Å². The molecular formula is C32H39F3N6O2. The van der Waals surface area contributed by atoms with Crippen molar-refractivity contribution in [2.45, 2.75) is 95.2 Å². The van der Waals surface area contributed by atoms with Crippen LogP contribution in [0.25, 0.3) is 0 Å². The Bertz CT molecular complexity index is 1490. The second kappa shape index (κ2) is 11.6. The second-order valence-electron chi connectivity index (χ2n) is 12.6. The number of methoxy groups -OCH3 is 1. The molecule has 3 aliphatic rings. The fraction of sp³-hybridized carbons (Fsp3) is 0.531. The highest BCUT2D eigenvalue weighted by atomic mass is 19.4. The fourth-order valence-corrected chi connectivity index (χ4v) is 6.25. The van der Waals surface area contributed by atoms with E-state index in [1.165, 1.54) is 11.0 Å². The van der Waals surface area contributed by atoms with Gasteiger partial charge in [0.25, 0.3) is 5.91 Å². The first-order chi connectivity index (χ1) is 20.5. The summed E-state index contributed by atoms with van der Waals surface area (Å²) in [5.74, 6) is 0.378. The number of benzene rings is 2. The zero-order valence-corrected chi connectivity index (χ0v) is 24.9. The normalized spacial score (nSPS) is 18.7. The summed E-state index contributed by atoms with van der Waals surface area (Å²) < 4.78 is 50.6. The first-order valence-electron chi connectivity index (χ1n) is 15.1. The van der Waals surface area contributed by atoms with Crippen LogP contribution in [0.4, 0.5) is 24.5 Å². The Morgan fingerprint density at radius 1 is 1.09 bits per heavy atom. The number of carbonyl (C=O) groups is 1. The molecule has 8 nitrogen and oxygen atoms in total. The number of nitrogens with one attached hydrogen (secondary N) is 2. The lowest BCUT2D eigenvalue weighted by Gasteiger charge is -2.39. The van der Waals surface area contributed by atoms with Crippen LogP contribution >= 0.6 is 0 Å². The van der Waals surface area contributed by atoms with E-state index in [0.29, 0.717) is 30.1 Å². The van der Waals surface area contributed by atoms with E-state index >= 15 is 0 Å². The van der Waals surface area contributed by atoms with E-state index in [9.17, 15) is 18.0 Å². The number of alkyl halides is 3. The molecule has 2 saturated carbocycles. The number of aromatic nitrogens is 3. The van der Waals surface area contributed by atoms with Gasteiger partial charge >= 0.3 is 6.18 Å². The van der Waals surface area contributed by atoms with Crippen molar-refractivity contribution in [2.24, 2.45) is 7.05 Å². The summed E-state index contributed by atoms with van der Waals surface area (Å²) in [4.78, 5) is 15.3. The van der Waals surface area contributed by atoms with Crippen LogP contribution in [0.1, 0.15) is 83.9 Å². The van der Waals surface area contributed by atoms with E-state index < -0.39 is 17.6 Å². The standard InChI is InChI=1S/C32H39F3N6O2/c1-31(8-5-9-31)36-17-21-13-26-27(28(14-21)32(33,34)35)18-41(30(26)42)24-11-20(10-23(15-24)38-22-6-4-7-22)12-25(43-3)16-29-39-37-19-40(29)2/h10-11,13-15,19,22,25,36,38H,4-9,12,16-18H2,1-3H3/t25-/m0/s1. The second-order valence-corrected chi connectivity index (χ2v) is 12.6. The van der Waals surface area contributed by atoms with Crippen molar-refractivity contribution in [3.05, 3.63) is 70.3 Å². The Morgan fingerprint density at radius 2 is 1.88 bits per heavy atom. The van der Waals surface area contributed by atoms with Gasteiger partial charge in [0, 0.05) is 55.6 Å². The van der Waals surface area contributed by atoms with Crippen LogP contribution in [0.15, 0.2) is 36.7 Å². The molecule has 0 saturated heterocycles. The summed E-state index contributed by atoms with van der Waals surface area (Å²) in [5, 5.41) is 15.1. The predicted octanol–water partition coefficient (Wildman–Crippen LogP) is 5.79. The van der Waals surface area contributed by atoms with Gasteiger partial charge in [0.2, 0.25) is 0 Å². The molecule has 2 fully saturated rings. The molecule has 3 aromatic rings. The van der Waals surface area contributed by atoms with E-state index in [1.807, 2.05) is 29.8 Å². The van der Waals surface area contributed by atoms with E-state index in [4.69, 9.17) is 4.74 Å². The third-order valence-corrected chi connectivity index (χ3v) is 9.36. The molecule has 0 bridgehead atoms. The number of amides is 1. The van der Waals surface area contributed by atoms with Crippen molar-refractivity contribution in [3.63, 3.8) is 0 Å². The van der Waals surface area contributed by atoms with Crippen molar-refractivity contribution < 1.29 is 22.7 Å². The Kier molecular flexibility index (Phi) is 7.97. The van der Waals surface area contributed by atoms with Crippen LogP contribution in [0.2, 0.25) is 0 Å². The van der Waals surface area contributed by atoms with Gasteiger partial charge in [-0.25, -0.2) is 0 Å². The summed E-state index contributed by atoms with van der Waals surface area (Å²) >= 11 is 0. The van der Waals surface area contributed by atoms with Crippen LogP contribution in [0.3, 0.4) is 0 Å². The molecule has 2 aromatic carbocycles. The van der Waals surface area contributed by atoms with Crippen molar-refractivity contribution in [1.29, 1.82) is 0 Å². The average Bonchev–Trinajstić information content (AvgIpc) is 3.49.